The molecule has 2 aliphatic carbocycles. The van der Waals surface area contributed by atoms with Crippen molar-refractivity contribution >= 4 is 17.6 Å². The van der Waals surface area contributed by atoms with Crippen LogP contribution in [0.15, 0.2) is 54.6 Å². The summed E-state index contributed by atoms with van der Waals surface area (Å²) in [4.78, 5) is 10.8. The highest BCUT2D eigenvalue weighted by Crippen LogP contribution is 2.57. The van der Waals surface area contributed by atoms with Gasteiger partial charge in [0.15, 0.2) is 0 Å². The number of rotatable bonds is 3. The molecule has 25 heavy (non-hydrogen) atoms. The van der Waals surface area contributed by atoms with Gasteiger partial charge < -0.3 is 9.84 Å². The van der Waals surface area contributed by atoms with E-state index in [9.17, 15) is 9.90 Å². The Labute approximate surface area is 153 Å². The molecular weight excluding hydrogens is 336 g/mol. The van der Waals surface area contributed by atoms with Gasteiger partial charge in [0.05, 0.1) is 18.8 Å². The third-order valence-corrected chi connectivity index (χ3v) is 5.35. The van der Waals surface area contributed by atoms with Crippen LogP contribution in [0.4, 0.5) is 0 Å². The molecule has 2 aromatic rings. The quantitative estimate of drug-likeness (QED) is 0.794. The summed E-state index contributed by atoms with van der Waals surface area (Å²) in [5.41, 5.74) is 1.57. The number of halogens is 1. The molecule has 132 valence electrons. The van der Waals surface area contributed by atoms with Crippen LogP contribution in [0, 0.1) is 17.8 Å². The fourth-order valence-corrected chi connectivity index (χ4v) is 3.87. The lowest BCUT2D eigenvalue weighted by Crippen LogP contribution is -2.10. The zero-order chi connectivity index (χ0) is 17.8. The van der Waals surface area contributed by atoms with E-state index in [4.69, 9.17) is 11.6 Å². The molecule has 4 rings (SSSR count). The first kappa shape index (κ1) is 18.0. The highest BCUT2D eigenvalue weighted by atomic mass is 35.5. The maximum atomic E-state index is 10.8. The smallest absolute Gasteiger partial charge is 0.337 e. The number of methoxy groups -OCH3 is 1. The largest absolute Gasteiger partial charge is 0.465 e. The van der Waals surface area contributed by atoms with Crippen LogP contribution in [0.1, 0.15) is 41.3 Å². The van der Waals surface area contributed by atoms with Crippen LogP contribution in [-0.2, 0) is 4.74 Å². The van der Waals surface area contributed by atoms with Crippen LogP contribution in [0.5, 0.6) is 0 Å². The van der Waals surface area contributed by atoms with Gasteiger partial charge in [0.1, 0.15) is 0 Å². The van der Waals surface area contributed by atoms with Crippen LogP contribution in [-0.4, -0.2) is 18.2 Å². The number of benzene rings is 2. The summed E-state index contributed by atoms with van der Waals surface area (Å²) in [6, 6.07) is 16.5. The fourth-order valence-electron chi connectivity index (χ4n) is 3.67. The lowest BCUT2D eigenvalue weighted by atomic mass is 9.92. The van der Waals surface area contributed by atoms with Gasteiger partial charge in [-0.3, -0.25) is 0 Å². The summed E-state index contributed by atoms with van der Waals surface area (Å²) in [6.07, 6.45) is 3.51. The monoisotopic (exact) mass is 358 g/mol. The van der Waals surface area contributed by atoms with Crippen molar-refractivity contribution in [2.75, 3.05) is 7.11 Å². The van der Waals surface area contributed by atoms with E-state index < -0.39 is 0 Å². The molecule has 0 aliphatic heterocycles. The SMILES string of the molecule is COC(=O)c1ccccc1.OC(c1cccc(Cl)c1)C1CC2CC2C1. The molecule has 3 unspecified atom stereocenters. The van der Waals surface area contributed by atoms with E-state index in [-0.39, 0.29) is 12.1 Å². The van der Waals surface area contributed by atoms with Crippen molar-refractivity contribution in [1.29, 1.82) is 0 Å². The van der Waals surface area contributed by atoms with Gasteiger partial charge in [-0.05, 0) is 66.8 Å². The second-order valence-corrected chi connectivity index (χ2v) is 7.28. The van der Waals surface area contributed by atoms with E-state index in [1.165, 1.54) is 26.4 Å². The van der Waals surface area contributed by atoms with Crippen LogP contribution in [0.25, 0.3) is 0 Å². The average molecular weight is 359 g/mol. The molecule has 2 saturated carbocycles. The maximum absolute atomic E-state index is 10.8. The summed E-state index contributed by atoms with van der Waals surface area (Å²) in [5, 5.41) is 10.9. The fraction of sp³-hybridized carbons (Fsp3) is 0.381. The van der Waals surface area contributed by atoms with Crippen molar-refractivity contribution in [3.05, 3.63) is 70.7 Å². The van der Waals surface area contributed by atoms with Crippen LogP contribution >= 0.6 is 11.6 Å². The van der Waals surface area contributed by atoms with Crippen molar-refractivity contribution in [3.8, 4) is 0 Å². The highest BCUT2D eigenvalue weighted by molar-refractivity contribution is 6.30. The molecular formula is C21H23ClO3. The molecule has 3 atom stereocenters. The average Bonchev–Trinajstić information content (AvgIpc) is 3.27. The minimum absolute atomic E-state index is 0.291. The van der Waals surface area contributed by atoms with Crippen LogP contribution < -0.4 is 0 Å². The predicted octanol–water partition coefficient (Wildman–Crippen LogP) is 4.89. The second-order valence-electron chi connectivity index (χ2n) is 6.84. The topological polar surface area (TPSA) is 46.5 Å². The number of ether oxygens (including phenoxy) is 1. The standard InChI is InChI=1S/C13H15ClO.C8H8O2/c14-12-3-1-2-8(7-12)13(15)11-5-9-4-10(9)6-11;1-10-8(9)7-5-3-2-4-6-7/h1-3,7,9-11,13,15H,4-6H2;2-6H,1H3. The van der Waals surface area contributed by atoms with Crippen molar-refractivity contribution in [3.63, 3.8) is 0 Å². The van der Waals surface area contributed by atoms with Crippen molar-refractivity contribution in [2.24, 2.45) is 17.8 Å². The molecule has 0 spiro atoms. The number of hydrogen-bond acceptors (Lipinski definition) is 3. The first-order valence-corrected chi connectivity index (χ1v) is 9.03. The van der Waals surface area contributed by atoms with Gasteiger partial charge in [-0.2, -0.15) is 0 Å². The van der Waals surface area contributed by atoms with E-state index in [1.54, 1.807) is 24.3 Å². The van der Waals surface area contributed by atoms with Gasteiger partial charge in [-0.1, -0.05) is 41.9 Å². The Hall–Kier alpha value is -1.84. The number of hydrogen-bond donors (Lipinski definition) is 1. The third kappa shape index (κ3) is 4.62. The summed E-state index contributed by atoms with van der Waals surface area (Å²) >= 11 is 5.92. The minimum Gasteiger partial charge on any atom is -0.465 e. The molecule has 1 N–H and O–H groups in total. The molecule has 3 nitrogen and oxygen atoms in total. The Morgan fingerprint density at radius 1 is 1.08 bits per heavy atom. The zero-order valence-corrected chi connectivity index (χ0v) is 15.0. The summed E-state index contributed by atoms with van der Waals surface area (Å²) in [6.45, 7) is 0. The second kappa shape index (κ2) is 8.03. The number of aliphatic hydroxyl groups is 1. The lowest BCUT2D eigenvalue weighted by Gasteiger charge is -2.19. The Balaban J connectivity index is 0.000000160. The molecule has 2 fully saturated rings. The summed E-state index contributed by atoms with van der Waals surface area (Å²) < 4.78 is 4.50. The molecule has 0 radical (unpaired) electrons. The van der Waals surface area contributed by atoms with Crippen LogP contribution in [0.3, 0.4) is 0 Å². The molecule has 2 aliphatic rings. The first-order valence-electron chi connectivity index (χ1n) is 8.65. The van der Waals surface area contributed by atoms with Gasteiger partial charge in [0.25, 0.3) is 0 Å². The molecule has 0 saturated heterocycles. The predicted molar refractivity (Wildman–Crippen MR) is 98.5 cm³/mol. The summed E-state index contributed by atoms with van der Waals surface area (Å²) in [5.74, 6) is 2.01. The zero-order valence-electron chi connectivity index (χ0n) is 14.3. The van der Waals surface area contributed by atoms with E-state index >= 15 is 0 Å². The number of esters is 1. The van der Waals surface area contributed by atoms with E-state index in [0.717, 1.165) is 22.4 Å². The van der Waals surface area contributed by atoms with E-state index in [1.807, 2.05) is 30.3 Å². The Morgan fingerprint density at radius 2 is 1.76 bits per heavy atom. The van der Waals surface area contributed by atoms with Gasteiger partial charge >= 0.3 is 5.97 Å². The van der Waals surface area contributed by atoms with Gasteiger partial charge in [-0.25, -0.2) is 4.79 Å². The number of fused-ring (bicyclic) bond motifs is 1. The van der Waals surface area contributed by atoms with Crippen LogP contribution in [0.2, 0.25) is 5.02 Å². The number of carbonyl (C=O) groups is 1. The lowest BCUT2D eigenvalue weighted by molar-refractivity contribution is 0.0600. The third-order valence-electron chi connectivity index (χ3n) is 5.11. The number of aliphatic hydroxyl groups excluding tert-OH is 1. The normalized spacial score (nSPS) is 24.5. The maximum Gasteiger partial charge on any atom is 0.337 e. The van der Waals surface area contributed by atoms with E-state index in [2.05, 4.69) is 4.74 Å². The van der Waals surface area contributed by atoms with E-state index in [0.29, 0.717) is 11.5 Å². The Bertz CT molecular complexity index is 706. The molecule has 0 aromatic heterocycles. The Kier molecular flexibility index (Phi) is 5.77. The minimum atomic E-state index is -0.309. The van der Waals surface area contributed by atoms with Gasteiger partial charge in [0.2, 0.25) is 0 Å². The summed E-state index contributed by atoms with van der Waals surface area (Å²) in [7, 11) is 1.37. The highest BCUT2D eigenvalue weighted by Gasteiger charge is 2.47. The van der Waals surface area contributed by atoms with Crippen molar-refractivity contribution in [2.45, 2.75) is 25.4 Å². The molecule has 0 heterocycles. The van der Waals surface area contributed by atoms with Crippen molar-refractivity contribution in [1.82, 2.24) is 0 Å². The number of carbonyl (C=O) groups excluding carboxylic acids is 1. The molecule has 0 bridgehead atoms. The Morgan fingerprint density at radius 3 is 2.36 bits per heavy atom. The van der Waals surface area contributed by atoms with Crippen molar-refractivity contribution < 1.29 is 14.6 Å². The van der Waals surface area contributed by atoms with Gasteiger partial charge in [0, 0.05) is 5.02 Å². The molecule has 4 heteroatoms. The molecule has 0 amide bonds. The van der Waals surface area contributed by atoms with Gasteiger partial charge in [-0.15, -0.1) is 0 Å². The first-order chi connectivity index (χ1) is 12.1. The molecule has 2 aromatic carbocycles.